The van der Waals surface area contributed by atoms with Gasteiger partial charge in [-0.25, -0.2) is 0 Å². The van der Waals surface area contributed by atoms with Crippen LogP contribution in [0.4, 0.5) is 0 Å². The quantitative estimate of drug-likeness (QED) is 0.535. The third-order valence-corrected chi connectivity index (χ3v) is 2.47. The van der Waals surface area contributed by atoms with Gasteiger partial charge in [0.15, 0.2) is 0 Å². The molecule has 0 bridgehead atoms. The standard InChI is InChI=1S/C12H16N2O3/c13-5-9-1-3-10(4-2-9)12(17)6-14-11(7-15)8-16/h1-4,11-12,14-17H,6-8H2. The number of rotatable bonds is 6. The Morgan fingerprint density at radius 3 is 2.24 bits per heavy atom. The molecule has 0 aliphatic carbocycles. The van der Waals surface area contributed by atoms with E-state index in [1.807, 2.05) is 6.07 Å². The first-order valence-corrected chi connectivity index (χ1v) is 5.34. The van der Waals surface area contributed by atoms with Gasteiger partial charge in [0, 0.05) is 6.54 Å². The van der Waals surface area contributed by atoms with Gasteiger partial charge in [-0.05, 0) is 17.7 Å². The van der Waals surface area contributed by atoms with Crippen LogP contribution in [0.1, 0.15) is 17.2 Å². The van der Waals surface area contributed by atoms with Crippen molar-refractivity contribution in [3.63, 3.8) is 0 Å². The number of hydrogen-bond donors (Lipinski definition) is 4. The summed E-state index contributed by atoms with van der Waals surface area (Å²) in [5, 5.41) is 38.9. The van der Waals surface area contributed by atoms with Crippen molar-refractivity contribution in [3.8, 4) is 6.07 Å². The van der Waals surface area contributed by atoms with Crippen molar-refractivity contribution >= 4 is 0 Å². The van der Waals surface area contributed by atoms with Crippen LogP contribution in [0.2, 0.25) is 0 Å². The lowest BCUT2D eigenvalue weighted by Crippen LogP contribution is -2.38. The molecule has 17 heavy (non-hydrogen) atoms. The second-order valence-electron chi connectivity index (χ2n) is 3.72. The van der Waals surface area contributed by atoms with Gasteiger partial charge >= 0.3 is 0 Å². The first-order chi connectivity index (χ1) is 8.21. The van der Waals surface area contributed by atoms with Crippen molar-refractivity contribution in [3.05, 3.63) is 35.4 Å². The van der Waals surface area contributed by atoms with Crippen LogP contribution in [-0.4, -0.2) is 41.1 Å². The largest absolute Gasteiger partial charge is 0.395 e. The normalized spacial score (nSPS) is 12.4. The third kappa shape index (κ3) is 4.13. The lowest BCUT2D eigenvalue weighted by Gasteiger charge is -2.17. The summed E-state index contributed by atoms with van der Waals surface area (Å²) in [5.74, 6) is 0. The molecule has 1 atom stereocenters. The van der Waals surface area contributed by atoms with E-state index in [0.717, 1.165) is 0 Å². The fourth-order valence-corrected chi connectivity index (χ4v) is 1.36. The number of nitrogens with zero attached hydrogens (tertiary/aromatic N) is 1. The van der Waals surface area contributed by atoms with E-state index in [2.05, 4.69) is 5.32 Å². The molecule has 0 amide bonds. The molecule has 4 N–H and O–H groups in total. The molecular formula is C12H16N2O3. The predicted octanol–water partition coefficient (Wildman–Crippen LogP) is -0.466. The smallest absolute Gasteiger partial charge is 0.0991 e. The van der Waals surface area contributed by atoms with Gasteiger partial charge in [-0.15, -0.1) is 0 Å². The van der Waals surface area contributed by atoms with E-state index in [4.69, 9.17) is 15.5 Å². The Labute approximate surface area is 99.9 Å². The second-order valence-corrected chi connectivity index (χ2v) is 3.72. The highest BCUT2D eigenvalue weighted by molar-refractivity contribution is 5.32. The van der Waals surface area contributed by atoms with Gasteiger partial charge < -0.3 is 20.6 Å². The summed E-state index contributed by atoms with van der Waals surface area (Å²) < 4.78 is 0. The molecule has 0 aromatic heterocycles. The zero-order chi connectivity index (χ0) is 12.7. The minimum atomic E-state index is -0.733. The summed E-state index contributed by atoms with van der Waals surface area (Å²) in [6, 6.07) is 8.19. The lowest BCUT2D eigenvalue weighted by molar-refractivity contribution is 0.135. The number of hydrogen-bond acceptors (Lipinski definition) is 5. The van der Waals surface area contributed by atoms with Crippen molar-refractivity contribution in [2.45, 2.75) is 12.1 Å². The fraction of sp³-hybridized carbons (Fsp3) is 0.417. The zero-order valence-corrected chi connectivity index (χ0v) is 9.37. The molecule has 0 fully saturated rings. The predicted molar refractivity (Wildman–Crippen MR) is 62.1 cm³/mol. The molecule has 5 nitrogen and oxygen atoms in total. The van der Waals surface area contributed by atoms with Gasteiger partial charge in [0.1, 0.15) is 0 Å². The molecule has 0 saturated carbocycles. The van der Waals surface area contributed by atoms with E-state index in [1.54, 1.807) is 24.3 Å². The number of aliphatic hydroxyl groups is 3. The van der Waals surface area contributed by atoms with Gasteiger partial charge in [0.2, 0.25) is 0 Å². The lowest BCUT2D eigenvalue weighted by atomic mass is 10.1. The topological polar surface area (TPSA) is 96.5 Å². The Balaban J connectivity index is 2.52. The van der Waals surface area contributed by atoms with Gasteiger partial charge in [-0.3, -0.25) is 0 Å². The monoisotopic (exact) mass is 236 g/mol. The Kier molecular flexibility index (Phi) is 5.60. The summed E-state index contributed by atoms with van der Waals surface area (Å²) in [5.41, 5.74) is 1.23. The van der Waals surface area contributed by atoms with Gasteiger partial charge in [0.05, 0.1) is 37.0 Å². The van der Waals surface area contributed by atoms with Gasteiger partial charge in [-0.2, -0.15) is 5.26 Å². The highest BCUT2D eigenvalue weighted by Crippen LogP contribution is 2.12. The average molecular weight is 236 g/mol. The number of nitriles is 1. The van der Waals surface area contributed by atoms with Crippen LogP contribution in [0.3, 0.4) is 0 Å². The summed E-state index contributed by atoms with van der Waals surface area (Å²) in [6.07, 6.45) is -0.733. The molecular weight excluding hydrogens is 220 g/mol. The van der Waals surface area contributed by atoms with E-state index in [0.29, 0.717) is 11.1 Å². The third-order valence-electron chi connectivity index (χ3n) is 2.47. The Morgan fingerprint density at radius 1 is 1.18 bits per heavy atom. The van der Waals surface area contributed by atoms with Crippen LogP contribution in [-0.2, 0) is 0 Å². The highest BCUT2D eigenvalue weighted by atomic mass is 16.3. The minimum Gasteiger partial charge on any atom is -0.395 e. The summed E-state index contributed by atoms with van der Waals surface area (Å²) >= 11 is 0. The first-order valence-electron chi connectivity index (χ1n) is 5.34. The van der Waals surface area contributed by atoms with Crippen LogP contribution in [0.15, 0.2) is 24.3 Å². The maximum absolute atomic E-state index is 9.82. The van der Waals surface area contributed by atoms with E-state index in [1.165, 1.54) is 0 Å². The Hall–Kier alpha value is -1.45. The maximum atomic E-state index is 9.82. The van der Waals surface area contributed by atoms with Crippen molar-refractivity contribution in [2.24, 2.45) is 0 Å². The van der Waals surface area contributed by atoms with Gasteiger partial charge in [-0.1, -0.05) is 12.1 Å². The molecule has 1 aromatic rings. The zero-order valence-electron chi connectivity index (χ0n) is 9.37. The first kappa shape index (κ1) is 13.6. The van der Waals surface area contributed by atoms with Gasteiger partial charge in [0.25, 0.3) is 0 Å². The van der Waals surface area contributed by atoms with E-state index in [-0.39, 0.29) is 19.8 Å². The molecule has 1 rings (SSSR count). The Bertz CT molecular complexity index is 368. The highest BCUT2D eigenvalue weighted by Gasteiger charge is 2.10. The van der Waals surface area contributed by atoms with Crippen molar-refractivity contribution < 1.29 is 15.3 Å². The van der Waals surface area contributed by atoms with E-state index >= 15 is 0 Å². The van der Waals surface area contributed by atoms with Crippen LogP contribution >= 0.6 is 0 Å². The number of nitrogens with one attached hydrogen (secondary N) is 1. The van der Waals surface area contributed by atoms with Crippen molar-refractivity contribution in [1.29, 1.82) is 5.26 Å². The molecule has 0 heterocycles. The molecule has 5 heteroatoms. The molecule has 92 valence electrons. The van der Waals surface area contributed by atoms with Crippen LogP contribution < -0.4 is 5.32 Å². The van der Waals surface area contributed by atoms with Crippen LogP contribution in [0, 0.1) is 11.3 Å². The molecule has 1 unspecified atom stereocenters. The molecule has 0 aliphatic rings. The van der Waals surface area contributed by atoms with Crippen molar-refractivity contribution in [1.82, 2.24) is 5.32 Å². The molecule has 0 saturated heterocycles. The van der Waals surface area contributed by atoms with Crippen molar-refractivity contribution in [2.75, 3.05) is 19.8 Å². The molecule has 0 aliphatic heterocycles. The molecule has 0 spiro atoms. The van der Waals surface area contributed by atoms with E-state index in [9.17, 15) is 5.11 Å². The summed E-state index contributed by atoms with van der Waals surface area (Å²) in [4.78, 5) is 0. The minimum absolute atomic E-state index is 0.184. The summed E-state index contributed by atoms with van der Waals surface area (Å²) in [6.45, 7) is -0.134. The summed E-state index contributed by atoms with van der Waals surface area (Å²) in [7, 11) is 0. The second kappa shape index (κ2) is 6.99. The maximum Gasteiger partial charge on any atom is 0.0991 e. The number of aliphatic hydroxyl groups excluding tert-OH is 3. The average Bonchev–Trinajstić information content (AvgIpc) is 2.39. The molecule has 0 radical (unpaired) electrons. The van der Waals surface area contributed by atoms with Crippen LogP contribution in [0.5, 0.6) is 0 Å². The SMILES string of the molecule is N#Cc1ccc(C(O)CNC(CO)CO)cc1. The Morgan fingerprint density at radius 2 is 1.76 bits per heavy atom. The fourth-order valence-electron chi connectivity index (χ4n) is 1.36. The van der Waals surface area contributed by atoms with E-state index < -0.39 is 12.1 Å². The number of benzene rings is 1. The molecule has 1 aromatic carbocycles. The van der Waals surface area contributed by atoms with Crippen LogP contribution in [0.25, 0.3) is 0 Å².